The number of esters is 1. The van der Waals surface area contributed by atoms with E-state index in [0.29, 0.717) is 16.3 Å². The lowest BCUT2D eigenvalue weighted by Crippen LogP contribution is -2.21. The molecule has 0 saturated carbocycles. The van der Waals surface area contributed by atoms with Crippen LogP contribution in [0.1, 0.15) is 21.5 Å². The number of nitrogens with one attached hydrogen (secondary N) is 1. The monoisotopic (exact) mass is 317 g/mol. The Balaban J connectivity index is 1.88. The zero-order valence-electron chi connectivity index (χ0n) is 12.4. The van der Waals surface area contributed by atoms with Gasteiger partial charge in [-0.1, -0.05) is 29.3 Å². The third-order valence-corrected chi connectivity index (χ3v) is 3.49. The van der Waals surface area contributed by atoms with Gasteiger partial charge in [-0.3, -0.25) is 4.79 Å². The van der Waals surface area contributed by atoms with E-state index in [1.165, 1.54) is 0 Å². The van der Waals surface area contributed by atoms with E-state index in [9.17, 15) is 9.59 Å². The van der Waals surface area contributed by atoms with Crippen LogP contribution < -0.4 is 5.32 Å². The normalized spacial score (nSPS) is 10.1. The summed E-state index contributed by atoms with van der Waals surface area (Å²) in [5.74, 6) is -0.926. The lowest BCUT2D eigenvalue weighted by Gasteiger charge is -2.08. The molecule has 4 nitrogen and oxygen atoms in total. The highest BCUT2D eigenvalue weighted by atomic mass is 35.5. The number of hydrogen-bond acceptors (Lipinski definition) is 3. The zero-order valence-corrected chi connectivity index (χ0v) is 13.1. The van der Waals surface area contributed by atoms with E-state index in [2.05, 4.69) is 5.32 Å². The number of carbonyl (C=O) groups excluding carboxylic acids is 2. The maximum absolute atomic E-state index is 11.8. The van der Waals surface area contributed by atoms with Crippen molar-refractivity contribution in [1.82, 2.24) is 0 Å². The van der Waals surface area contributed by atoms with Crippen molar-refractivity contribution >= 4 is 29.2 Å². The Morgan fingerprint density at radius 2 is 1.77 bits per heavy atom. The van der Waals surface area contributed by atoms with E-state index in [-0.39, 0.29) is 6.61 Å². The van der Waals surface area contributed by atoms with Crippen LogP contribution in [0.15, 0.2) is 42.5 Å². The largest absolute Gasteiger partial charge is 0.452 e. The standard InChI is InChI=1S/C17H16ClNO3/c1-11-3-5-13(6-4-11)17(21)22-10-16(20)19-14-7-8-15(18)12(2)9-14/h3-9H,10H2,1-2H3,(H,19,20). The summed E-state index contributed by atoms with van der Waals surface area (Å²) >= 11 is 5.92. The maximum Gasteiger partial charge on any atom is 0.338 e. The van der Waals surface area contributed by atoms with Crippen molar-refractivity contribution < 1.29 is 14.3 Å². The molecule has 0 heterocycles. The van der Waals surface area contributed by atoms with Gasteiger partial charge in [0.25, 0.3) is 5.91 Å². The van der Waals surface area contributed by atoms with Crippen LogP contribution in [0.25, 0.3) is 0 Å². The van der Waals surface area contributed by atoms with Crippen LogP contribution in [0.3, 0.4) is 0 Å². The summed E-state index contributed by atoms with van der Waals surface area (Å²) in [5, 5.41) is 3.28. The van der Waals surface area contributed by atoms with Gasteiger partial charge in [-0.25, -0.2) is 4.79 Å². The van der Waals surface area contributed by atoms with Crippen LogP contribution in [-0.2, 0) is 9.53 Å². The topological polar surface area (TPSA) is 55.4 Å². The molecular weight excluding hydrogens is 302 g/mol. The van der Waals surface area contributed by atoms with E-state index in [1.807, 2.05) is 26.0 Å². The molecule has 1 amide bonds. The van der Waals surface area contributed by atoms with Crippen LogP contribution in [-0.4, -0.2) is 18.5 Å². The number of hydrogen-bond donors (Lipinski definition) is 1. The molecule has 22 heavy (non-hydrogen) atoms. The SMILES string of the molecule is Cc1ccc(C(=O)OCC(=O)Nc2ccc(Cl)c(C)c2)cc1. The first-order valence-corrected chi connectivity index (χ1v) is 7.13. The zero-order chi connectivity index (χ0) is 16.1. The number of benzene rings is 2. The Hall–Kier alpha value is -2.33. The quantitative estimate of drug-likeness (QED) is 0.874. The molecule has 5 heteroatoms. The van der Waals surface area contributed by atoms with Crippen LogP contribution in [0.5, 0.6) is 0 Å². The Labute approximate surface area is 134 Å². The minimum Gasteiger partial charge on any atom is -0.452 e. The van der Waals surface area contributed by atoms with E-state index in [0.717, 1.165) is 11.1 Å². The first-order valence-electron chi connectivity index (χ1n) is 6.75. The Morgan fingerprint density at radius 1 is 1.09 bits per heavy atom. The second-order valence-electron chi connectivity index (χ2n) is 4.95. The van der Waals surface area contributed by atoms with Crippen molar-refractivity contribution in [3.63, 3.8) is 0 Å². The second-order valence-corrected chi connectivity index (χ2v) is 5.36. The first kappa shape index (κ1) is 16.0. The summed E-state index contributed by atoms with van der Waals surface area (Å²) in [5.41, 5.74) is 2.93. The molecule has 0 atom stereocenters. The minimum absolute atomic E-state index is 0.339. The predicted octanol–water partition coefficient (Wildman–Crippen LogP) is 3.75. The summed E-state index contributed by atoms with van der Waals surface area (Å²) in [6.45, 7) is 3.43. The number of halogens is 1. The molecule has 0 fully saturated rings. The van der Waals surface area contributed by atoms with Crippen molar-refractivity contribution in [2.24, 2.45) is 0 Å². The van der Waals surface area contributed by atoms with Crippen LogP contribution in [0.4, 0.5) is 5.69 Å². The molecular formula is C17H16ClNO3. The molecule has 2 aromatic rings. The molecule has 2 aromatic carbocycles. The van der Waals surface area contributed by atoms with E-state index >= 15 is 0 Å². The molecule has 0 aliphatic heterocycles. The summed E-state index contributed by atoms with van der Waals surface area (Å²) < 4.78 is 4.98. The third-order valence-electron chi connectivity index (χ3n) is 3.06. The fourth-order valence-electron chi connectivity index (χ4n) is 1.82. The molecule has 114 valence electrons. The van der Waals surface area contributed by atoms with Gasteiger partial charge in [0.1, 0.15) is 0 Å². The highest BCUT2D eigenvalue weighted by Crippen LogP contribution is 2.19. The minimum atomic E-state index is -0.526. The van der Waals surface area contributed by atoms with Crippen molar-refractivity contribution in [3.8, 4) is 0 Å². The highest BCUT2D eigenvalue weighted by Gasteiger charge is 2.10. The molecule has 1 N–H and O–H groups in total. The molecule has 0 radical (unpaired) electrons. The lowest BCUT2D eigenvalue weighted by molar-refractivity contribution is -0.119. The fraction of sp³-hybridized carbons (Fsp3) is 0.176. The van der Waals surface area contributed by atoms with Gasteiger partial charge in [-0.15, -0.1) is 0 Å². The molecule has 0 unspecified atom stereocenters. The molecule has 2 rings (SSSR count). The number of amides is 1. The van der Waals surface area contributed by atoms with Gasteiger partial charge in [-0.05, 0) is 49.7 Å². The van der Waals surface area contributed by atoms with E-state index in [4.69, 9.17) is 16.3 Å². The van der Waals surface area contributed by atoms with Gasteiger partial charge < -0.3 is 10.1 Å². The summed E-state index contributed by atoms with van der Waals surface area (Å²) in [6, 6.07) is 12.1. The number of anilines is 1. The Bertz CT molecular complexity index is 696. The summed E-state index contributed by atoms with van der Waals surface area (Å²) in [4.78, 5) is 23.6. The summed E-state index contributed by atoms with van der Waals surface area (Å²) in [6.07, 6.45) is 0. The van der Waals surface area contributed by atoms with Gasteiger partial charge in [0.05, 0.1) is 5.56 Å². The van der Waals surface area contributed by atoms with Crippen molar-refractivity contribution in [2.45, 2.75) is 13.8 Å². The average molecular weight is 318 g/mol. The Morgan fingerprint density at radius 3 is 2.41 bits per heavy atom. The van der Waals surface area contributed by atoms with E-state index < -0.39 is 11.9 Å². The van der Waals surface area contributed by atoms with Crippen molar-refractivity contribution in [2.75, 3.05) is 11.9 Å². The molecule has 0 aliphatic carbocycles. The van der Waals surface area contributed by atoms with Crippen LogP contribution in [0, 0.1) is 13.8 Å². The number of ether oxygens (including phenoxy) is 1. The van der Waals surface area contributed by atoms with Gasteiger partial charge in [-0.2, -0.15) is 0 Å². The summed E-state index contributed by atoms with van der Waals surface area (Å²) in [7, 11) is 0. The predicted molar refractivity (Wildman–Crippen MR) is 86.3 cm³/mol. The second kappa shape index (κ2) is 7.09. The van der Waals surface area contributed by atoms with Gasteiger partial charge in [0.2, 0.25) is 0 Å². The number of rotatable bonds is 4. The lowest BCUT2D eigenvalue weighted by atomic mass is 10.1. The van der Waals surface area contributed by atoms with Crippen LogP contribution >= 0.6 is 11.6 Å². The molecule has 0 aromatic heterocycles. The fourth-order valence-corrected chi connectivity index (χ4v) is 1.94. The third kappa shape index (κ3) is 4.33. The number of carbonyl (C=O) groups is 2. The molecule has 0 saturated heterocycles. The van der Waals surface area contributed by atoms with Gasteiger partial charge in [0.15, 0.2) is 6.61 Å². The first-order chi connectivity index (χ1) is 10.5. The van der Waals surface area contributed by atoms with Crippen LogP contribution in [0.2, 0.25) is 5.02 Å². The molecule has 0 aliphatic rings. The van der Waals surface area contributed by atoms with Crippen molar-refractivity contribution in [3.05, 3.63) is 64.2 Å². The smallest absolute Gasteiger partial charge is 0.338 e. The average Bonchev–Trinajstić information content (AvgIpc) is 2.49. The maximum atomic E-state index is 11.8. The van der Waals surface area contributed by atoms with E-state index in [1.54, 1.807) is 30.3 Å². The highest BCUT2D eigenvalue weighted by molar-refractivity contribution is 6.31. The van der Waals surface area contributed by atoms with Gasteiger partial charge in [0, 0.05) is 10.7 Å². The van der Waals surface area contributed by atoms with Crippen molar-refractivity contribution in [1.29, 1.82) is 0 Å². The Kier molecular flexibility index (Phi) is 5.17. The number of aryl methyl sites for hydroxylation is 2. The van der Waals surface area contributed by atoms with Gasteiger partial charge >= 0.3 is 5.97 Å². The molecule has 0 spiro atoms. The molecule has 0 bridgehead atoms.